The lowest BCUT2D eigenvalue weighted by molar-refractivity contribution is 0.0964. The first-order valence-corrected chi connectivity index (χ1v) is 13.5. The van der Waals surface area contributed by atoms with Crippen molar-refractivity contribution in [3.8, 4) is 45.6 Å². The monoisotopic (exact) mass is 581 g/mol. The number of nitrogens with zero attached hydrogens (tertiary/aromatic N) is 4. The molecular weight excluding hydrogens is 557 g/mol. The summed E-state index contributed by atoms with van der Waals surface area (Å²) in [6, 6.07) is 17.7. The maximum absolute atomic E-state index is 14.6. The molecule has 0 bridgehead atoms. The van der Waals surface area contributed by atoms with Crippen LogP contribution in [0, 0.1) is 5.82 Å². The highest BCUT2D eigenvalue weighted by Gasteiger charge is 2.27. The van der Waals surface area contributed by atoms with E-state index in [1.165, 1.54) is 13.2 Å². The fraction of sp³-hybridized carbons (Fsp3) is 0.129. The number of halogens is 1. The van der Waals surface area contributed by atoms with Crippen LogP contribution in [-0.2, 0) is 6.73 Å². The first kappa shape index (κ1) is 25.9. The molecule has 7 rings (SSSR count). The minimum absolute atomic E-state index is 0.250. The first-order valence-electron chi connectivity index (χ1n) is 13.1. The summed E-state index contributed by atoms with van der Waals surface area (Å²) < 4.78 is 35.8. The number of ether oxygens (including phenoxy) is 2. The lowest BCUT2D eigenvalue weighted by Gasteiger charge is -2.22. The van der Waals surface area contributed by atoms with Crippen molar-refractivity contribution < 1.29 is 23.1 Å². The number of carbonyl (C=O) groups is 1. The average molecular weight is 582 g/mol. The number of hydrogen-bond acceptors (Lipinski definition) is 8. The highest BCUT2D eigenvalue weighted by atomic mass is 32.1. The highest BCUT2D eigenvalue weighted by molar-refractivity contribution is 7.81. The van der Waals surface area contributed by atoms with Gasteiger partial charge in [-0.2, -0.15) is 0 Å². The zero-order valence-corrected chi connectivity index (χ0v) is 23.7. The van der Waals surface area contributed by atoms with Gasteiger partial charge in [0.2, 0.25) is 5.88 Å². The number of rotatable bonds is 5. The Kier molecular flexibility index (Phi) is 6.05. The number of pyridine rings is 2. The van der Waals surface area contributed by atoms with Crippen LogP contribution in [0.15, 0.2) is 71.3 Å². The van der Waals surface area contributed by atoms with Gasteiger partial charge in [0, 0.05) is 54.3 Å². The van der Waals surface area contributed by atoms with E-state index in [0.29, 0.717) is 67.5 Å². The molecule has 1 aliphatic rings. The topological polar surface area (TPSA) is 94.6 Å². The number of thiol groups is 1. The summed E-state index contributed by atoms with van der Waals surface area (Å²) in [6.07, 6.45) is 1.59. The van der Waals surface area contributed by atoms with E-state index in [9.17, 15) is 9.18 Å². The molecule has 4 aromatic heterocycles. The molecule has 0 unspecified atom stereocenters. The molecule has 1 amide bonds. The number of amides is 1. The van der Waals surface area contributed by atoms with Crippen LogP contribution < -0.4 is 19.1 Å². The van der Waals surface area contributed by atoms with Gasteiger partial charge < -0.3 is 28.1 Å². The van der Waals surface area contributed by atoms with Crippen molar-refractivity contribution in [2.75, 3.05) is 25.5 Å². The van der Waals surface area contributed by atoms with Crippen molar-refractivity contribution in [3.63, 3.8) is 0 Å². The van der Waals surface area contributed by atoms with E-state index >= 15 is 0 Å². The second-order valence-electron chi connectivity index (χ2n) is 9.81. The highest BCUT2D eigenvalue weighted by Crippen LogP contribution is 2.43. The third-order valence-corrected chi connectivity index (χ3v) is 7.65. The Balaban J connectivity index is 1.45. The molecule has 42 heavy (non-hydrogen) atoms. The van der Waals surface area contributed by atoms with Crippen LogP contribution in [0.3, 0.4) is 0 Å². The maximum atomic E-state index is 14.6. The predicted molar refractivity (Wildman–Crippen MR) is 162 cm³/mol. The van der Waals surface area contributed by atoms with E-state index in [1.54, 1.807) is 48.9 Å². The molecule has 0 saturated carbocycles. The van der Waals surface area contributed by atoms with E-state index in [-0.39, 0.29) is 18.5 Å². The van der Waals surface area contributed by atoms with Crippen molar-refractivity contribution in [1.29, 1.82) is 0 Å². The number of anilines is 1. The van der Waals surface area contributed by atoms with Crippen molar-refractivity contribution in [3.05, 3.63) is 78.2 Å². The summed E-state index contributed by atoms with van der Waals surface area (Å²) in [6.45, 7) is 0.250. The predicted octanol–water partition coefficient (Wildman–Crippen LogP) is 6.32. The van der Waals surface area contributed by atoms with Crippen LogP contribution in [0.4, 0.5) is 10.1 Å². The summed E-state index contributed by atoms with van der Waals surface area (Å²) in [5.41, 5.74) is 5.62. The summed E-state index contributed by atoms with van der Waals surface area (Å²) in [5, 5.41) is 3.83. The largest absolute Gasteiger partial charge is 0.481 e. The standard InChI is InChI=1S/C31H24FN5O4S/c1-33-31(38)28-19-12-18(23(36(2)42)14-26(19)41-30(28)16-9-10-34-27(11-16)39-3)21-7-8-25-29(35-21)24-13-17-20(32)5-4-6-22(17)37(24)15-40-25/h4-14,42H,15H2,1-3H3,(H,33,38). The van der Waals surface area contributed by atoms with Crippen molar-refractivity contribution in [2.45, 2.75) is 6.73 Å². The molecule has 2 aromatic carbocycles. The van der Waals surface area contributed by atoms with Crippen molar-refractivity contribution in [1.82, 2.24) is 19.9 Å². The van der Waals surface area contributed by atoms with E-state index in [1.807, 2.05) is 34.9 Å². The van der Waals surface area contributed by atoms with Crippen LogP contribution in [0.25, 0.3) is 55.8 Å². The molecule has 11 heteroatoms. The Hall–Kier alpha value is -5.03. The van der Waals surface area contributed by atoms with Crippen LogP contribution in [-0.4, -0.2) is 41.6 Å². The minimum atomic E-state index is -0.309. The van der Waals surface area contributed by atoms with Crippen molar-refractivity contribution >= 4 is 46.3 Å². The van der Waals surface area contributed by atoms with Gasteiger partial charge in [0.15, 0.2) is 6.73 Å². The minimum Gasteiger partial charge on any atom is -0.481 e. The van der Waals surface area contributed by atoms with Crippen molar-refractivity contribution in [2.24, 2.45) is 0 Å². The lowest BCUT2D eigenvalue weighted by Crippen LogP contribution is -2.18. The van der Waals surface area contributed by atoms with E-state index in [0.717, 1.165) is 11.2 Å². The number of furan rings is 1. The Morgan fingerprint density at radius 2 is 2.00 bits per heavy atom. The molecule has 6 aromatic rings. The zero-order chi connectivity index (χ0) is 29.1. The van der Waals surface area contributed by atoms with Gasteiger partial charge in [-0.15, -0.1) is 0 Å². The average Bonchev–Trinajstić information content (AvgIpc) is 3.59. The van der Waals surface area contributed by atoms with Crippen LogP contribution in [0.1, 0.15) is 10.4 Å². The number of carbonyl (C=O) groups excluding carboxylic acids is 1. The normalized spacial score (nSPS) is 12.1. The number of benzene rings is 2. The van der Waals surface area contributed by atoms with Crippen LogP contribution >= 0.6 is 12.8 Å². The van der Waals surface area contributed by atoms with Crippen LogP contribution in [0.2, 0.25) is 0 Å². The SMILES string of the molecule is CNC(=O)c1c(-c2ccnc(OC)c2)oc2cc(N(C)S)c(-c3ccc4c(n3)-c3cc5c(F)cccc5n3CO4)cc12. The van der Waals surface area contributed by atoms with Gasteiger partial charge in [0.1, 0.15) is 28.6 Å². The maximum Gasteiger partial charge on any atom is 0.255 e. The summed E-state index contributed by atoms with van der Waals surface area (Å²) in [4.78, 5) is 22.4. The van der Waals surface area contributed by atoms with Gasteiger partial charge in [-0.25, -0.2) is 14.4 Å². The quantitative estimate of drug-likeness (QED) is 0.230. The molecule has 0 atom stereocenters. The Labute approximate surface area is 245 Å². The summed E-state index contributed by atoms with van der Waals surface area (Å²) in [7, 11) is 4.90. The number of aromatic nitrogens is 3. The van der Waals surface area contributed by atoms with Crippen LogP contribution in [0.5, 0.6) is 11.6 Å². The lowest BCUT2D eigenvalue weighted by atomic mass is 10.0. The third kappa shape index (κ3) is 3.96. The van der Waals surface area contributed by atoms with E-state index in [4.69, 9.17) is 18.9 Å². The van der Waals surface area contributed by atoms with Gasteiger partial charge in [0.05, 0.1) is 35.3 Å². The Bertz CT molecular complexity index is 2050. The Morgan fingerprint density at radius 1 is 1.14 bits per heavy atom. The molecule has 210 valence electrons. The van der Waals surface area contributed by atoms with E-state index in [2.05, 4.69) is 23.1 Å². The summed E-state index contributed by atoms with van der Waals surface area (Å²) >= 11 is 4.60. The van der Waals surface area contributed by atoms with Gasteiger partial charge in [0.25, 0.3) is 5.91 Å². The van der Waals surface area contributed by atoms with E-state index < -0.39 is 0 Å². The zero-order valence-electron chi connectivity index (χ0n) is 22.8. The smallest absolute Gasteiger partial charge is 0.255 e. The van der Waals surface area contributed by atoms with Gasteiger partial charge in [-0.3, -0.25) is 4.79 Å². The molecule has 0 spiro atoms. The molecule has 0 fully saturated rings. The Morgan fingerprint density at radius 3 is 2.79 bits per heavy atom. The fourth-order valence-corrected chi connectivity index (χ4v) is 5.60. The molecule has 9 nitrogen and oxygen atoms in total. The number of nitrogens with one attached hydrogen (secondary N) is 1. The first-order chi connectivity index (χ1) is 20.4. The molecule has 0 aliphatic carbocycles. The molecule has 0 radical (unpaired) electrons. The second kappa shape index (κ2) is 9.81. The fourth-order valence-electron chi connectivity index (χ4n) is 5.44. The van der Waals surface area contributed by atoms with Gasteiger partial charge >= 0.3 is 0 Å². The number of fused-ring (bicyclic) bond motifs is 6. The molecular formula is C31H24FN5O4S. The third-order valence-electron chi connectivity index (χ3n) is 7.43. The van der Waals surface area contributed by atoms with Gasteiger partial charge in [-0.1, -0.05) is 18.9 Å². The second-order valence-corrected chi connectivity index (χ2v) is 10.4. The number of methoxy groups -OCH3 is 1. The summed E-state index contributed by atoms with van der Waals surface area (Å²) in [5.74, 6) is 0.759. The molecule has 1 N–H and O–H groups in total. The molecule has 0 saturated heterocycles. The number of hydrogen-bond donors (Lipinski definition) is 2. The molecule has 1 aliphatic heterocycles. The molecule has 5 heterocycles. The van der Waals surface area contributed by atoms with Gasteiger partial charge in [-0.05, 0) is 42.5 Å².